The summed E-state index contributed by atoms with van der Waals surface area (Å²) in [6, 6.07) is 20.6. The zero-order valence-corrected chi connectivity index (χ0v) is 17.1. The maximum atomic E-state index is 12.2. The monoisotopic (exact) mass is 430 g/mol. The number of hydrogen-bond donors (Lipinski definition) is 0. The summed E-state index contributed by atoms with van der Waals surface area (Å²) in [5, 5.41) is 10.9. The second-order valence-corrected chi connectivity index (χ2v) is 6.83. The van der Waals surface area contributed by atoms with Crippen LogP contribution in [0.3, 0.4) is 0 Å². The number of benzene rings is 3. The molecule has 0 saturated carbocycles. The van der Waals surface area contributed by atoms with Crippen molar-refractivity contribution < 1.29 is 23.9 Å². The number of aliphatic imine (C=N–C) groups is 1. The molecule has 8 heteroatoms. The Morgan fingerprint density at radius 3 is 2.59 bits per heavy atom. The largest absolute Gasteiger partial charge is 0.493 e. The summed E-state index contributed by atoms with van der Waals surface area (Å²) in [5.74, 6) is 0.631. The highest BCUT2D eigenvalue weighted by Crippen LogP contribution is 2.30. The molecule has 160 valence electrons. The molecule has 4 rings (SSSR count). The van der Waals surface area contributed by atoms with Crippen LogP contribution >= 0.6 is 0 Å². The number of methoxy groups -OCH3 is 1. The van der Waals surface area contributed by atoms with E-state index in [0.29, 0.717) is 28.2 Å². The highest BCUT2D eigenvalue weighted by molar-refractivity contribution is 6.12. The van der Waals surface area contributed by atoms with Gasteiger partial charge in [0.1, 0.15) is 6.61 Å². The number of esters is 1. The Balaban J connectivity index is 1.52. The Kier molecular flexibility index (Phi) is 5.94. The van der Waals surface area contributed by atoms with Crippen molar-refractivity contribution in [3.63, 3.8) is 0 Å². The number of hydrogen-bond acceptors (Lipinski definition) is 7. The average molecular weight is 430 g/mol. The zero-order valence-electron chi connectivity index (χ0n) is 17.1. The Bertz CT molecular complexity index is 1230. The van der Waals surface area contributed by atoms with E-state index in [-0.39, 0.29) is 23.9 Å². The first kappa shape index (κ1) is 20.8. The number of ether oxygens (including phenoxy) is 3. The number of cyclic esters (lactones) is 1. The fourth-order valence-electron chi connectivity index (χ4n) is 3.09. The lowest BCUT2D eigenvalue weighted by molar-refractivity contribution is -0.384. The molecule has 3 aromatic carbocycles. The van der Waals surface area contributed by atoms with Gasteiger partial charge >= 0.3 is 5.97 Å². The molecule has 32 heavy (non-hydrogen) atoms. The van der Waals surface area contributed by atoms with Crippen LogP contribution in [0.25, 0.3) is 6.08 Å². The SMILES string of the molecule is COc1cc(/C=C2\N=C(c3ccccc3)OC2=O)ccc1OCc1cccc([N+](=O)[O-])c1. The van der Waals surface area contributed by atoms with Crippen LogP contribution in [0.15, 0.2) is 83.5 Å². The molecule has 0 N–H and O–H groups in total. The first-order valence-electron chi connectivity index (χ1n) is 9.65. The molecule has 0 aromatic heterocycles. The van der Waals surface area contributed by atoms with Crippen LogP contribution in [0, 0.1) is 10.1 Å². The first-order valence-corrected chi connectivity index (χ1v) is 9.65. The molecular weight excluding hydrogens is 412 g/mol. The van der Waals surface area contributed by atoms with Gasteiger partial charge in [-0.25, -0.2) is 9.79 Å². The molecule has 0 fully saturated rings. The maximum absolute atomic E-state index is 12.2. The number of carbonyl (C=O) groups excluding carboxylic acids is 1. The average Bonchev–Trinajstić information content (AvgIpc) is 3.19. The van der Waals surface area contributed by atoms with Gasteiger partial charge in [-0.2, -0.15) is 0 Å². The van der Waals surface area contributed by atoms with Gasteiger partial charge in [-0.15, -0.1) is 0 Å². The van der Waals surface area contributed by atoms with Gasteiger partial charge in [-0.1, -0.05) is 36.4 Å². The second-order valence-electron chi connectivity index (χ2n) is 6.83. The predicted octanol–water partition coefficient (Wildman–Crippen LogP) is 4.53. The number of nitro benzene ring substituents is 1. The van der Waals surface area contributed by atoms with Crippen molar-refractivity contribution in [2.45, 2.75) is 6.61 Å². The van der Waals surface area contributed by atoms with E-state index in [1.807, 2.05) is 30.3 Å². The van der Waals surface area contributed by atoms with Crippen LogP contribution < -0.4 is 9.47 Å². The van der Waals surface area contributed by atoms with Crippen molar-refractivity contribution in [3.05, 3.63) is 105 Å². The van der Waals surface area contributed by atoms with E-state index in [2.05, 4.69) is 4.99 Å². The minimum atomic E-state index is -0.534. The van der Waals surface area contributed by atoms with Gasteiger partial charge in [0, 0.05) is 17.7 Å². The smallest absolute Gasteiger partial charge is 0.363 e. The molecule has 0 saturated heterocycles. The quantitative estimate of drug-likeness (QED) is 0.236. The second kappa shape index (κ2) is 9.13. The van der Waals surface area contributed by atoms with E-state index in [1.165, 1.54) is 19.2 Å². The molecule has 0 atom stereocenters. The van der Waals surface area contributed by atoms with Gasteiger partial charge in [0.25, 0.3) is 5.69 Å². The number of non-ortho nitro benzene ring substituents is 1. The topological polar surface area (TPSA) is 100 Å². The van der Waals surface area contributed by atoms with Crippen LogP contribution in [0.2, 0.25) is 0 Å². The van der Waals surface area contributed by atoms with E-state index in [9.17, 15) is 14.9 Å². The predicted molar refractivity (Wildman–Crippen MR) is 117 cm³/mol. The minimum absolute atomic E-state index is 0.00101. The van der Waals surface area contributed by atoms with Crippen LogP contribution in [-0.2, 0) is 16.1 Å². The van der Waals surface area contributed by atoms with Crippen LogP contribution in [0.4, 0.5) is 5.69 Å². The third kappa shape index (κ3) is 4.65. The summed E-state index contributed by atoms with van der Waals surface area (Å²) in [7, 11) is 1.50. The van der Waals surface area contributed by atoms with Gasteiger partial charge in [-0.05, 0) is 41.5 Å². The summed E-state index contributed by atoms with van der Waals surface area (Å²) in [5.41, 5.74) is 2.22. The summed E-state index contributed by atoms with van der Waals surface area (Å²) in [4.78, 5) is 27.0. The molecule has 0 bridgehead atoms. The standard InChI is InChI=1S/C24H18N2O6/c1-30-22-14-16(13-20-24(27)32-23(25-20)18-7-3-2-4-8-18)10-11-21(22)31-15-17-6-5-9-19(12-17)26(28)29/h2-14H,15H2,1H3/b20-13-. The van der Waals surface area contributed by atoms with Crippen molar-refractivity contribution in [2.75, 3.05) is 7.11 Å². The summed E-state index contributed by atoms with van der Waals surface area (Å²) < 4.78 is 16.5. The van der Waals surface area contributed by atoms with Gasteiger partial charge in [0.05, 0.1) is 12.0 Å². The third-order valence-corrected chi connectivity index (χ3v) is 4.65. The molecule has 0 unspecified atom stereocenters. The maximum Gasteiger partial charge on any atom is 0.363 e. The molecule has 0 radical (unpaired) electrons. The number of nitrogens with zero attached hydrogens (tertiary/aromatic N) is 2. The lowest BCUT2D eigenvalue weighted by Gasteiger charge is -2.11. The highest BCUT2D eigenvalue weighted by Gasteiger charge is 2.24. The zero-order chi connectivity index (χ0) is 22.5. The first-order chi connectivity index (χ1) is 15.5. The lowest BCUT2D eigenvalue weighted by atomic mass is 10.1. The van der Waals surface area contributed by atoms with Crippen molar-refractivity contribution in [1.82, 2.24) is 0 Å². The van der Waals surface area contributed by atoms with Gasteiger partial charge in [0.2, 0.25) is 5.90 Å². The normalized spacial score (nSPS) is 14.1. The minimum Gasteiger partial charge on any atom is -0.493 e. The van der Waals surface area contributed by atoms with Gasteiger partial charge < -0.3 is 14.2 Å². The van der Waals surface area contributed by atoms with E-state index in [1.54, 1.807) is 36.4 Å². The van der Waals surface area contributed by atoms with E-state index in [4.69, 9.17) is 14.2 Å². The molecule has 1 heterocycles. The molecule has 8 nitrogen and oxygen atoms in total. The molecule has 1 aliphatic heterocycles. The number of carbonyl (C=O) groups is 1. The van der Waals surface area contributed by atoms with Gasteiger partial charge in [0.15, 0.2) is 17.2 Å². The third-order valence-electron chi connectivity index (χ3n) is 4.65. The van der Waals surface area contributed by atoms with Crippen LogP contribution in [0.5, 0.6) is 11.5 Å². The van der Waals surface area contributed by atoms with E-state index < -0.39 is 10.9 Å². The van der Waals surface area contributed by atoms with Crippen LogP contribution in [-0.4, -0.2) is 23.9 Å². The fraction of sp³-hybridized carbons (Fsp3) is 0.0833. The van der Waals surface area contributed by atoms with E-state index >= 15 is 0 Å². The van der Waals surface area contributed by atoms with E-state index in [0.717, 1.165) is 0 Å². The Labute approximate surface area is 183 Å². The molecule has 3 aromatic rings. The van der Waals surface area contributed by atoms with Crippen molar-refractivity contribution in [3.8, 4) is 11.5 Å². The number of nitro groups is 1. The van der Waals surface area contributed by atoms with Crippen molar-refractivity contribution in [1.29, 1.82) is 0 Å². The van der Waals surface area contributed by atoms with Crippen molar-refractivity contribution >= 4 is 23.6 Å². The number of rotatable bonds is 7. The van der Waals surface area contributed by atoms with Crippen molar-refractivity contribution in [2.24, 2.45) is 4.99 Å². The Morgan fingerprint density at radius 2 is 1.84 bits per heavy atom. The molecular formula is C24H18N2O6. The summed E-state index contributed by atoms with van der Waals surface area (Å²) in [6.45, 7) is 0.134. The molecule has 0 spiro atoms. The van der Waals surface area contributed by atoms with Gasteiger partial charge in [-0.3, -0.25) is 10.1 Å². The highest BCUT2D eigenvalue weighted by atomic mass is 16.6. The van der Waals surface area contributed by atoms with Crippen LogP contribution in [0.1, 0.15) is 16.7 Å². The Morgan fingerprint density at radius 1 is 1.03 bits per heavy atom. The molecule has 0 aliphatic carbocycles. The summed E-state index contributed by atoms with van der Waals surface area (Å²) >= 11 is 0. The fourth-order valence-corrected chi connectivity index (χ4v) is 3.09. The summed E-state index contributed by atoms with van der Waals surface area (Å²) in [6.07, 6.45) is 1.60. The molecule has 1 aliphatic rings. The lowest BCUT2D eigenvalue weighted by Crippen LogP contribution is -2.04. The molecule has 0 amide bonds. The Hall–Kier alpha value is -4.46.